The van der Waals surface area contributed by atoms with Crippen molar-refractivity contribution in [1.82, 2.24) is 5.32 Å². The van der Waals surface area contributed by atoms with Crippen LogP contribution in [0, 0.1) is 24.0 Å². The molecule has 0 radical (unpaired) electrons. The number of nitro benzene ring substituents is 1. The van der Waals surface area contributed by atoms with Crippen LogP contribution in [0.25, 0.3) is 6.08 Å². The zero-order valence-corrected chi connectivity index (χ0v) is 16.0. The number of carbonyl (C=O) groups excluding carboxylic acids is 2. The first-order valence-electron chi connectivity index (χ1n) is 8.72. The summed E-state index contributed by atoms with van der Waals surface area (Å²) in [5, 5.41) is 13.7. The molecule has 0 aromatic heterocycles. The molecule has 0 unspecified atom stereocenters. The van der Waals surface area contributed by atoms with Gasteiger partial charge in [0.25, 0.3) is 11.6 Å². The first-order chi connectivity index (χ1) is 13.3. The SMILES string of the molecule is Cc1ccc([C@H](C)NC(=O)COC(=O)/C=C/c2ccccc2[N+](=O)[O-])cc1C. The van der Waals surface area contributed by atoms with Gasteiger partial charge in [-0.05, 0) is 49.6 Å². The van der Waals surface area contributed by atoms with Gasteiger partial charge in [-0.1, -0.05) is 30.3 Å². The minimum atomic E-state index is -0.757. The predicted molar refractivity (Wildman–Crippen MR) is 106 cm³/mol. The second-order valence-corrected chi connectivity index (χ2v) is 6.39. The number of rotatable bonds is 7. The molecular weight excluding hydrogens is 360 g/mol. The van der Waals surface area contributed by atoms with Crippen molar-refractivity contribution in [3.63, 3.8) is 0 Å². The number of carbonyl (C=O) groups is 2. The highest BCUT2D eigenvalue weighted by Gasteiger charge is 2.13. The van der Waals surface area contributed by atoms with Crippen LogP contribution in [-0.2, 0) is 14.3 Å². The van der Waals surface area contributed by atoms with Crippen molar-refractivity contribution in [2.75, 3.05) is 6.61 Å². The molecule has 0 bridgehead atoms. The van der Waals surface area contributed by atoms with Crippen molar-refractivity contribution >= 4 is 23.6 Å². The highest BCUT2D eigenvalue weighted by molar-refractivity contribution is 5.90. The predicted octanol–water partition coefficient (Wildman–Crippen LogP) is 3.65. The number of para-hydroxylation sites is 1. The number of hydrogen-bond acceptors (Lipinski definition) is 5. The lowest BCUT2D eigenvalue weighted by atomic mass is 10.0. The van der Waals surface area contributed by atoms with Crippen molar-refractivity contribution in [3.05, 3.63) is 80.9 Å². The van der Waals surface area contributed by atoms with Gasteiger partial charge in [0.2, 0.25) is 0 Å². The van der Waals surface area contributed by atoms with Crippen molar-refractivity contribution in [3.8, 4) is 0 Å². The van der Waals surface area contributed by atoms with E-state index in [0.29, 0.717) is 0 Å². The third-order valence-corrected chi connectivity index (χ3v) is 4.29. The summed E-state index contributed by atoms with van der Waals surface area (Å²) in [6.07, 6.45) is 2.35. The summed E-state index contributed by atoms with van der Waals surface area (Å²) < 4.78 is 4.90. The lowest BCUT2D eigenvalue weighted by Gasteiger charge is -2.15. The van der Waals surface area contributed by atoms with Gasteiger partial charge >= 0.3 is 5.97 Å². The molecule has 0 heterocycles. The molecule has 0 spiro atoms. The summed E-state index contributed by atoms with van der Waals surface area (Å²) >= 11 is 0. The molecule has 2 aromatic rings. The third kappa shape index (κ3) is 5.77. The van der Waals surface area contributed by atoms with Crippen LogP contribution in [0.15, 0.2) is 48.5 Å². The molecular formula is C21H22N2O5. The molecule has 0 aliphatic rings. The largest absolute Gasteiger partial charge is 0.452 e. The van der Waals surface area contributed by atoms with Crippen molar-refractivity contribution in [2.45, 2.75) is 26.8 Å². The van der Waals surface area contributed by atoms with E-state index in [0.717, 1.165) is 17.2 Å². The van der Waals surface area contributed by atoms with Gasteiger partial charge < -0.3 is 10.1 Å². The van der Waals surface area contributed by atoms with E-state index in [9.17, 15) is 19.7 Å². The maximum atomic E-state index is 12.0. The van der Waals surface area contributed by atoms with Crippen LogP contribution in [0.3, 0.4) is 0 Å². The Hall–Kier alpha value is -3.48. The molecule has 1 atom stereocenters. The average molecular weight is 382 g/mol. The molecule has 146 valence electrons. The van der Waals surface area contributed by atoms with Crippen LogP contribution < -0.4 is 5.32 Å². The molecule has 2 rings (SSSR count). The highest BCUT2D eigenvalue weighted by atomic mass is 16.6. The minimum Gasteiger partial charge on any atom is -0.452 e. The molecule has 2 aromatic carbocycles. The summed E-state index contributed by atoms with van der Waals surface area (Å²) in [6, 6.07) is 11.7. The Balaban J connectivity index is 1.87. The number of esters is 1. The molecule has 28 heavy (non-hydrogen) atoms. The standard InChI is InChI=1S/C21H22N2O5/c1-14-8-9-18(12-15(14)2)16(3)22-20(24)13-28-21(25)11-10-17-6-4-5-7-19(17)23(26)27/h4-12,16H,13H2,1-3H3,(H,22,24)/b11-10+/t16-/m0/s1. The summed E-state index contributed by atoms with van der Waals surface area (Å²) in [4.78, 5) is 34.2. The van der Waals surface area contributed by atoms with Crippen LogP contribution in [0.1, 0.15) is 35.2 Å². The topological polar surface area (TPSA) is 98.5 Å². The van der Waals surface area contributed by atoms with Gasteiger partial charge in [0.05, 0.1) is 16.5 Å². The number of nitrogens with zero attached hydrogens (tertiary/aromatic N) is 1. The van der Waals surface area contributed by atoms with Gasteiger partial charge in [-0.2, -0.15) is 0 Å². The zero-order valence-electron chi connectivity index (χ0n) is 16.0. The van der Waals surface area contributed by atoms with Gasteiger partial charge in [-0.25, -0.2) is 4.79 Å². The average Bonchev–Trinajstić information content (AvgIpc) is 2.66. The molecule has 0 saturated heterocycles. The van der Waals surface area contributed by atoms with Crippen LogP contribution >= 0.6 is 0 Å². The molecule has 0 aliphatic heterocycles. The third-order valence-electron chi connectivity index (χ3n) is 4.29. The first kappa shape index (κ1) is 20.8. The van der Waals surface area contributed by atoms with Crippen LogP contribution in [0.5, 0.6) is 0 Å². The van der Waals surface area contributed by atoms with Gasteiger partial charge in [0, 0.05) is 12.1 Å². The number of hydrogen-bond donors (Lipinski definition) is 1. The van der Waals surface area contributed by atoms with E-state index in [2.05, 4.69) is 5.32 Å². The number of aryl methyl sites for hydroxylation is 2. The second-order valence-electron chi connectivity index (χ2n) is 6.39. The monoisotopic (exact) mass is 382 g/mol. The quantitative estimate of drug-likeness (QED) is 0.341. The summed E-state index contributed by atoms with van der Waals surface area (Å²) in [5.74, 6) is -1.19. The number of amides is 1. The van der Waals surface area contributed by atoms with E-state index in [1.54, 1.807) is 6.07 Å². The Labute approximate surface area is 163 Å². The molecule has 1 amide bonds. The van der Waals surface area contributed by atoms with E-state index >= 15 is 0 Å². The van der Waals surface area contributed by atoms with E-state index in [1.807, 2.05) is 39.0 Å². The lowest BCUT2D eigenvalue weighted by molar-refractivity contribution is -0.385. The number of ether oxygens (including phenoxy) is 1. The normalized spacial score (nSPS) is 11.8. The van der Waals surface area contributed by atoms with Gasteiger partial charge in [0.15, 0.2) is 6.61 Å². The highest BCUT2D eigenvalue weighted by Crippen LogP contribution is 2.19. The first-order valence-corrected chi connectivity index (χ1v) is 8.72. The van der Waals surface area contributed by atoms with Gasteiger partial charge in [0.1, 0.15) is 0 Å². The molecule has 7 heteroatoms. The summed E-state index contributed by atoms with van der Waals surface area (Å²) in [5.41, 5.74) is 3.41. The number of benzene rings is 2. The van der Waals surface area contributed by atoms with Gasteiger partial charge in [-0.3, -0.25) is 14.9 Å². The van der Waals surface area contributed by atoms with Crippen LogP contribution in [-0.4, -0.2) is 23.4 Å². The molecule has 0 fully saturated rings. The molecule has 7 nitrogen and oxygen atoms in total. The van der Waals surface area contributed by atoms with E-state index < -0.39 is 23.4 Å². The fraction of sp³-hybridized carbons (Fsp3) is 0.238. The van der Waals surface area contributed by atoms with Crippen LogP contribution in [0.4, 0.5) is 5.69 Å². The van der Waals surface area contributed by atoms with E-state index in [-0.39, 0.29) is 17.3 Å². The van der Waals surface area contributed by atoms with E-state index in [1.165, 1.54) is 29.8 Å². The summed E-state index contributed by atoms with van der Waals surface area (Å²) in [7, 11) is 0. The Morgan fingerprint density at radius 2 is 1.89 bits per heavy atom. The molecule has 0 saturated carbocycles. The fourth-order valence-electron chi connectivity index (χ4n) is 2.54. The lowest BCUT2D eigenvalue weighted by Crippen LogP contribution is -2.31. The van der Waals surface area contributed by atoms with E-state index in [4.69, 9.17) is 4.74 Å². The van der Waals surface area contributed by atoms with Crippen molar-refractivity contribution in [2.24, 2.45) is 0 Å². The maximum absolute atomic E-state index is 12.0. The van der Waals surface area contributed by atoms with Crippen molar-refractivity contribution in [1.29, 1.82) is 0 Å². The second kappa shape index (κ2) is 9.45. The zero-order chi connectivity index (χ0) is 20.7. The van der Waals surface area contributed by atoms with Crippen molar-refractivity contribution < 1.29 is 19.2 Å². The van der Waals surface area contributed by atoms with Gasteiger partial charge in [-0.15, -0.1) is 0 Å². The summed E-state index contributed by atoms with van der Waals surface area (Å²) in [6.45, 7) is 5.42. The number of nitrogens with one attached hydrogen (secondary N) is 1. The van der Waals surface area contributed by atoms with Crippen LogP contribution in [0.2, 0.25) is 0 Å². The number of nitro groups is 1. The minimum absolute atomic E-state index is 0.119. The molecule has 1 N–H and O–H groups in total. The smallest absolute Gasteiger partial charge is 0.331 e. The Morgan fingerprint density at radius 1 is 1.18 bits per heavy atom. The molecule has 0 aliphatic carbocycles. The Bertz CT molecular complexity index is 921. The Morgan fingerprint density at radius 3 is 2.57 bits per heavy atom. The fourth-order valence-corrected chi connectivity index (χ4v) is 2.54. The maximum Gasteiger partial charge on any atom is 0.331 e. The Kier molecular flexibility index (Phi) is 7.03.